The topological polar surface area (TPSA) is 12.0 Å². The molecule has 0 aliphatic carbocycles. The standard InChI is InChI=1S/C38H26BrN/c39-30-20-24-32(25-21-30)40-31-22-18-27(19-23-31)26-14-16-29(17-15-26)38-35-12-6-4-10-33(35)37(28-8-2-1-3-9-28)34-11-5-7-13-36(34)38/h1-25,40H. The van der Waals surface area contributed by atoms with Crippen LogP contribution in [-0.4, -0.2) is 0 Å². The number of halogens is 1. The lowest BCUT2D eigenvalue weighted by Gasteiger charge is -2.18. The van der Waals surface area contributed by atoms with Crippen molar-refractivity contribution in [2.75, 3.05) is 5.32 Å². The molecule has 0 aromatic heterocycles. The number of rotatable bonds is 5. The minimum absolute atomic E-state index is 1.07. The third-order valence-electron chi connectivity index (χ3n) is 7.52. The molecule has 0 atom stereocenters. The Bertz CT molecular complexity index is 1880. The van der Waals surface area contributed by atoms with Crippen molar-refractivity contribution in [3.63, 3.8) is 0 Å². The van der Waals surface area contributed by atoms with E-state index < -0.39 is 0 Å². The minimum Gasteiger partial charge on any atom is -0.356 e. The van der Waals surface area contributed by atoms with Gasteiger partial charge in [0, 0.05) is 15.8 Å². The fourth-order valence-electron chi connectivity index (χ4n) is 5.63. The molecule has 0 heterocycles. The molecule has 0 aliphatic rings. The molecule has 0 saturated carbocycles. The molecule has 7 aromatic rings. The normalized spacial score (nSPS) is 11.1. The van der Waals surface area contributed by atoms with Gasteiger partial charge in [-0.1, -0.05) is 131 Å². The van der Waals surface area contributed by atoms with Crippen LogP contribution in [0.4, 0.5) is 11.4 Å². The number of anilines is 2. The van der Waals surface area contributed by atoms with Crippen LogP contribution in [0.3, 0.4) is 0 Å². The fourth-order valence-corrected chi connectivity index (χ4v) is 5.89. The molecule has 190 valence electrons. The maximum Gasteiger partial charge on any atom is 0.0384 e. The van der Waals surface area contributed by atoms with Crippen LogP contribution in [-0.2, 0) is 0 Å². The summed E-state index contributed by atoms with van der Waals surface area (Å²) in [6, 6.07) is 54.2. The Morgan fingerprint density at radius 2 is 0.675 bits per heavy atom. The van der Waals surface area contributed by atoms with E-state index in [-0.39, 0.29) is 0 Å². The van der Waals surface area contributed by atoms with Gasteiger partial charge in [-0.25, -0.2) is 0 Å². The largest absolute Gasteiger partial charge is 0.356 e. The molecule has 7 aromatic carbocycles. The molecule has 0 amide bonds. The van der Waals surface area contributed by atoms with Gasteiger partial charge in [-0.2, -0.15) is 0 Å². The zero-order valence-electron chi connectivity index (χ0n) is 21.8. The second kappa shape index (κ2) is 10.5. The Morgan fingerprint density at radius 3 is 1.15 bits per heavy atom. The first-order valence-electron chi connectivity index (χ1n) is 13.5. The molecule has 0 bridgehead atoms. The summed E-state index contributed by atoms with van der Waals surface area (Å²) in [4.78, 5) is 0. The SMILES string of the molecule is Brc1ccc(Nc2ccc(-c3ccc(-c4c5ccccc5c(-c5ccccc5)c5ccccc45)cc3)cc2)cc1. The van der Waals surface area contributed by atoms with Crippen molar-refractivity contribution in [3.05, 3.63) is 156 Å². The lowest BCUT2D eigenvalue weighted by Crippen LogP contribution is -1.91. The predicted molar refractivity (Wildman–Crippen MR) is 175 cm³/mol. The van der Waals surface area contributed by atoms with Crippen LogP contribution in [0.5, 0.6) is 0 Å². The van der Waals surface area contributed by atoms with E-state index >= 15 is 0 Å². The zero-order chi connectivity index (χ0) is 26.9. The average molecular weight is 577 g/mol. The van der Waals surface area contributed by atoms with Crippen LogP contribution >= 0.6 is 15.9 Å². The third kappa shape index (κ3) is 4.57. The van der Waals surface area contributed by atoms with Crippen LogP contribution in [0.15, 0.2) is 156 Å². The highest BCUT2D eigenvalue weighted by Gasteiger charge is 2.16. The van der Waals surface area contributed by atoms with E-state index in [1.54, 1.807) is 0 Å². The van der Waals surface area contributed by atoms with Gasteiger partial charge in [-0.3, -0.25) is 0 Å². The van der Waals surface area contributed by atoms with E-state index in [0.29, 0.717) is 0 Å². The number of benzene rings is 7. The molecule has 0 unspecified atom stereocenters. The van der Waals surface area contributed by atoms with Gasteiger partial charge >= 0.3 is 0 Å². The van der Waals surface area contributed by atoms with Crippen LogP contribution in [0, 0.1) is 0 Å². The molecule has 0 spiro atoms. The van der Waals surface area contributed by atoms with E-state index in [4.69, 9.17) is 0 Å². The summed E-state index contributed by atoms with van der Waals surface area (Å²) in [5.41, 5.74) is 9.59. The van der Waals surface area contributed by atoms with Gasteiger partial charge in [0.1, 0.15) is 0 Å². The van der Waals surface area contributed by atoms with Crippen molar-refractivity contribution >= 4 is 48.8 Å². The molecule has 2 heteroatoms. The first-order chi connectivity index (χ1) is 19.7. The van der Waals surface area contributed by atoms with Gasteiger partial charge in [-0.05, 0) is 91.3 Å². The van der Waals surface area contributed by atoms with E-state index in [0.717, 1.165) is 15.8 Å². The third-order valence-corrected chi connectivity index (χ3v) is 8.05. The van der Waals surface area contributed by atoms with Crippen molar-refractivity contribution in [2.45, 2.75) is 0 Å². The highest BCUT2D eigenvalue weighted by molar-refractivity contribution is 9.10. The molecule has 0 saturated heterocycles. The Hall–Kier alpha value is -4.66. The first kappa shape index (κ1) is 24.4. The van der Waals surface area contributed by atoms with Gasteiger partial charge in [-0.15, -0.1) is 0 Å². The molecule has 0 fully saturated rings. The summed E-state index contributed by atoms with van der Waals surface area (Å²) in [7, 11) is 0. The fraction of sp³-hybridized carbons (Fsp3) is 0. The lowest BCUT2D eigenvalue weighted by molar-refractivity contribution is 1.53. The van der Waals surface area contributed by atoms with Gasteiger partial charge in [0.15, 0.2) is 0 Å². The lowest BCUT2D eigenvalue weighted by atomic mass is 9.86. The van der Waals surface area contributed by atoms with Gasteiger partial charge in [0.2, 0.25) is 0 Å². The zero-order valence-corrected chi connectivity index (χ0v) is 23.4. The summed E-state index contributed by atoms with van der Waals surface area (Å²) in [5, 5.41) is 8.57. The summed E-state index contributed by atoms with van der Waals surface area (Å²) < 4.78 is 1.07. The number of fused-ring (bicyclic) bond motifs is 2. The molecular formula is C38H26BrN. The van der Waals surface area contributed by atoms with Crippen LogP contribution in [0.2, 0.25) is 0 Å². The van der Waals surface area contributed by atoms with Crippen molar-refractivity contribution < 1.29 is 0 Å². The van der Waals surface area contributed by atoms with Gasteiger partial charge in [0.05, 0.1) is 0 Å². The quantitative estimate of drug-likeness (QED) is 0.201. The summed E-state index contributed by atoms with van der Waals surface area (Å²) in [6.07, 6.45) is 0. The Labute approximate surface area is 242 Å². The highest BCUT2D eigenvalue weighted by Crippen LogP contribution is 2.43. The summed E-state index contributed by atoms with van der Waals surface area (Å²) >= 11 is 3.49. The van der Waals surface area contributed by atoms with Crippen molar-refractivity contribution in [1.29, 1.82) is 0 Å². The molecule has 0 aliphatic heterocycles. The van der Waals surface area contributed by atoms with E-state index in [2.05, 4.69) is 161 Å². The Balaban J connectivity index is 1.28. The van der Waals surface area contributed by atoms with Crippen molar-refractivity contribution in [2.24, 2.45) is 0 Å². The van der Waals surface area contributed by atoms with Crippen LogP contribution in [0.25, 0.3) is 54.9 Å². The number of hydrogen-bond donors (Lipinski definition) is 1. The highest BCUT2D eigenvalue weighted by atomic mass is 79.9. The van der Waals surface area contributed by atoms with Crippen molar-refractivity contribution in [3.8, 4) is 33.4 Å². The van der Waals surface area contributed by atoms with Gasteiger partial charge < -0.3 is 5.32 Å². The number of hydrogen-bond acceptors (Lipinski definition) is 1. The first-order valence-corrected chi connectivity index (χ1v) is 14.3. The molecule has 7 rings (SSSR count). The molecule has 0 radical (unpaired) electrons. The minimum atomic E-state index is 1.07. The van der Waals surface area contributed by atoms with E-state index in [9.17, 15) is 0 Å². The molecule has 1 nitrogen and oxygen atoms in total. The predicted octanol–water partition coefficient (Wildman–Crippen LogP) is 11.5. The second-order valence-corrected chi connectivity index (χ2v) is 10.9. The smallest absolute Gasteiger partial charge is 0.0384 e. The monoisotopic (exact) mass is 575 g/mol. The second-order valence-electron chi connectivity index (χ2n) is 9.99. The Kier molecular flexibility index (Phi) is 6.39. The van der Waals surface area contributed by atoms with Crippen LogP contribution in [0.1, 0.15) is 0 Å². The Morgan fingerprint density at radius 1 is 0.325 bits per heavy atom. The summed E-state index contributed by atoms with van der Waals surface area (Å²) in [5.74, 6) is 0. The molecule has 1 N–H and O–H groups in total. The summed E-state index contributed by atoms with van der Waals surface area (Å²) in [6.45, 7) is 0. The number of nitrogens with one attached hydrogen (secondary N) is 1. The average Bonchev–Trinajstić information content (AvgIpc) is 3.02. The van der Waals surface area contributed by atoms with Gasteiger partial charge in [0.25, 0.3) is 0 Å². The molecule has 40 heavy (non-hydrogen) atoms. The van der Waals surface area contributed by atoms with E-state index in [1.165, 1.54) is 54.9 Å². The van der Waals surface area contributed by atoms with E-state index in [1.807, 2.05) is 12.1 Å². The molecular weight excluding hydrogens is 550 g/mol. The maximum absolute atomic E-state index is 3.49. The van der Waals surface area contributed by atoms with Crippen molar-refractivity contribution in [1.82, 2.24) is 0 Å². The van der Waals surface area contributed by atoms with Crippen LogP contribution < -0.4 is 5.32 Å². The maximum atomic E-state index is 3.49.